The molecular formula is C26H34FNO6S2. The minimum Gasteiger partial charge on any atom is -0.444 e. The van der Waals surface area contributed by atoms with E-state index in [4.69, 9.17) is 4.74 Å². The molecule has 1 N–H and O–H groups in total. The number of nitrogens with one attached hydrogen (secondary N) is 1. The number of sulfone groups is 2. The van der Waals surface area contributed by atoms with E-state index in [1.165, 1.54) is 48.5 Å². The molecule has 0 aliphatic heterocycles. The lowest BCUT2D eigenvalue weighted by Crippen LogP contribution is -2.52. The molecule has 0 spiro atoms. The van der Waals surface area contributed by atoms with E-state index in [1.54, 1.807) is 32.9 Å². The lowest BCUT2D eigenvalue weighted by molar-refractivity contribution is 0.0463. The van der Waals surface area contributed by atoms with Crippen molar-refractivity contribution >= 4 is 25.8 Å². The Labute approximate surface area is 213 Å². The van der Waals surface area contributed by atoms with Crippen LogP contribution >= 0.6 is 0 Å². The molecule has 0 unspecified atom stereocenters. The first kappa shape index (κ1) is 28.1. The van der Waals surface area contributed by atoms with Crippen LogP contribution in [0.2, 0.25) is 0 Å². The van der Waals surface area contributed by atoms with Crippen molar-refractivity contribution in [3.8, 4) is 0 Å². The van der Waals surface area contributed by atoms with Gasteiger partial charge in [-0.25, -0.2) is 26.0 Å². The number of ether oxygens (including phenoxy) is 1. The molecule has 1 aliphatic carbocycles. The van der Waals surface area contributed by atoms with Crippen molar-refractivity contribution in [3.63, 3.8) is 0 Å². The summed E-state index contributed by atoms with van der Waals surface area (Å²) in [7, 11) is -10.1. The molecule has 36 heavy (non-hydrogen) atoms. The third-order valence-corrected chi connectivity index (χ3v) is 11.3. The third kappa shape index (κ3) is 6.08. The molecule has 198 valence electrons. The van der Waals surface area contributed by atoms with Crippen molar-refractivity contribution in [1.82, 2.24) is 5.32 Å². The summed E-state index contributed by atoms with van der Waals surface area (Å²) in [5.41, 5.74) is -0.847. The highest BCUT2D eigenvalue weighted by molar-refractivity contribution is 8.10. The van der Waals surface area contributed by atoms with E-state index < -0.39 is 58.0 Å². The van der Waals surface area contributed by atoms with Gasteiger partial charge in [0.1, 0.15) is 5.60 Å². The van der Waals surface area contributed by atoms with Crippen LogP contribution < -0.4 is 5.32 Å². The molecule has 0 aromatic heterocycles. The molecular weight excluding hydrogens is 505 g/mol. The van der Waals surface area contributed by atoms with E-state index in [1.807, 2.05) is 0 Å². The zero-order valence-electron chi connectivity index (χ0n) is 20.8. The third-order valence-electron chi connectivity index (χ3n) is 6.29. The fourth-order valence-corrected chi connectivity index (χ4v) is 8.77. The molecule has 3 rings (SSSR count). The fraction of sp³-hybridized carbons (Fsp3) is 0.500. The van der Waals surface area contributed by atoms with E-state index in [0.717, 1.165) is 19.3 Å². The number of carbonyl (C=O) groups is 1. The van der Waals surface area contributed by atoms with Crippen LogP contribution in [0.25, 0.3) is 0 Å². The highest BCUT2D eigenvalue weighted by atomic mass is 32.3. The second kappa shape index (κ2) is 10.9. The first-order valence-electron chi connectivity index (χ1n) is 12.1. The number of hydrogen-bond donors (Lipinski definition) is 1. The van der Waals surface area contributed by atoms with Gasteiger partial charge in [0, 0.05) is 12.5 Å². The molecule has 0 radical (unpaired) electrons. The van der Waals surface area contributed by atoms with Gasteiger partial charge in [-0.15, -0.1) is 0 Å². The SMILES string of the molecule is CC(C)(C)OC(=O)N[C@H](CC(F)(S(=O)(=O)c1ccccc1)S(=O)(=O)c1ccccc1)C1CCCCC1. The van der Waals surface area contributed by atoms with Gasteiger partial charge in [-0.3, -0.25) is 0 Å². The van der Waals surface area contributed by atoms with Gasteiger partial charge in [-0.1, -0.05) is 55.7 Å². The molecule has 2 aromatic rings. The molecule has 0 saturated heterocycles. The van der Waals surface area contributed by atoms with Gasteiger partial charge in [0.2, 0.25) is 19.7 Å². The number of rotatable bonds is 8. The average Bonchev–Trinajstić information content (AvgIpc) is 2.84. The van der Waals surface area contributed by atoms with E-state index in [2.05, 4.69) is 5.32 Å². The predicted octanol–water partition coefficient (Wildman–Crippen LogP) is 5.42. The predicted molar refractivity (Wildman–Crippen MR) is 135 cm³/mol. The van der Waals surface area contributed by atoms with E-state index in [-0.39, 0.29) is 5.92 Å². The van der Waals surface area contributed by atoms with Crippen molar-refractivity contribution in [2.45, 2.75) is 85.1 Å². The van der Waals surface area contributed by atoms with Gasteiger partial charge in [-0.2, -0.15) is 0 Å². The number of carbonyl (C=O) groups excluding carboxylic acids is 1. The zero-order valence-corrected chi connectivity index (χ0v) is 22.4. The highest BCUT2D eigenvalue weighted by Crippen LogP contribution is 2.43. The van der Waals surface area contributed by atoms with Crippen LogP contribution in [0.4, 0.5) is 9.18 Å². The monoisotopic (exact) mass is 539 g/mol. The number of amides is 1. The number of alkyl carbamates (subject to hydrolysis) is 1. The van der Waals surface area contributed by atoms with E-state index in [9.17, 15) is 21.6 Å². The lowest BCUT2D eigenvalue weighted by Gasteiger charge is -2.36. The summed E-state index contributed by atoms with van der Waals surface area (Å²) in [6.45, 7) is 5.00. The van der Waals surface area contributed by atoms with Gasteiger partial charge in [0.15, 0.2) is 0 Å². The van der Waals surface area contributed by atoms with E-state index >= 15 is 4.39 Å². The van der Waals surface area contributed by atoms with Crippen LogP contribution in [-0.2, 0) is 24.4 Å². The Bertz CT molecular complexity index is 1170. The Hall–Kier alpha value is -2.46. The maximum atomic E-state index is 17.1. The summed E-state index contributed by atoms with van der Waals surface area (Å²) in [6.07, 6.45) is 1.97. The normalized spacial score (nSPS) is 16.8. The van der Waals surface area contributed by atoms with Crippen molar-refractivity contribution in [3.05, 3.63) is 60.7 Å². The Balaban J connectivity index is 2.13. The summed E-state index contributed by atoms with van der Waals surface area (Å²) >= 11 is 0. The maximum absolute atomic E-state index is 17.1. The standard InChI is InChI=1S/C26H34FNO6S2/c1-25(2,3)34-24(29)28-23(20-13-7-4-8-14-20)19-26(27,35(30,31)21-15-9-5-10-16-21)36(32,33)22-17-11-6-12-18-22/h5-6,9-12,15-18,20,23H,4,7-8,13-14,19H2,1-3H3,(H,28,29)/t23-/m1/s1. The molecule has 1 amide bonds. The molecule has 1 saturated carbocycles. The molecule has 1 atom stereocenters. The van der Waals surface area contributed by atoms with Crippen LogP contribution in [-0.4, -0.2) is 38.9 Å². The minimum atomic E-state index is -5.06. The first-order valence-corrected chi connectivity index (χ1v) is 15.0. The quantitative estimate of drug-likeness (QED) is 0.480. The molecule has 1 aliphatic rings. The largest absolute Gasteiger partial charge is 0.444 e. The topological polar surface area (TPSA) is 107 Å². The van der Waals surface area contributed by atoms with E-state index in [0.29, 0.717) is 12.8 Å². The van der Waals surface area contributed by atoms with Crippen molar-refractivity contribution < 1.29 is 30.8 Å². The maximum Gasteiger partial charge on any atom is 0.407 e. The summed E-state index contributed by atoms with van der Waals surface area (Å²) in [5, 5.41) is 2.62. The average molecular weight is 540 g/mol. The summed E-state index contributed by atoms with van der Waals surface area (Å²) in [4.78, 5) is 11.8. The minimum absolute atomic E-state index is 0.307. The Morgan fingerprint density at radius 2 is 1.33 bits per heavy atom. The van der Waals surface area contributed by atoms with Crippen LogP contribution in [0.5, 0.6) is 0 Å². The van der Waals surface area contributed by atoms with Gasteiger partial charge < -0.3 is 10.1 Å². The Morgan fingerprint density at radius 1 is 0.889 bits per heavy atom. The van der Waals surface area contributed by atoms with Crippen LogP contribution in [0.15, 0.2) is 70.5 Å². The highest BCUT2D eigenvalue weighted by Gasteiger charge is 2.59. The smallest absolute Gasteiger partial charge is 0.407 e. The number of hydrogen-bond acceptors (Lipinski definition) is 6. The number of halogens is 1. The van der Waals surface area contributed by atoms with Crippen LogP contribution in [0.1, 0.15) is 59.3 Å². The molecule has 0 bridgehead atoms. The van der Waals surface area contributed by atoms with Gasteiger partial charge in [0.25, 0.3) is 0 Å². The Morgan fingerprint density at radius 3 is 1.75 bits per heavy atom. The molecule has 1 fully saturated rings. The molecule has 7 nitrogen and oxygen atoms in total. The lowest BCUT2D eigenvalue weighted by atomic mass is 9.83. The Kier molecular flexibility index (Phi) is 8.50. The number of alkyl halides is 1. The molecule has 2 aromatic carbocycles. The van der Waals surface area contributed by atoms with Gasteiger partial charge >= 0.3 is 10.4 Å². The van der Waals surface area contributed by atoms with Gasteiger partial charge in [0.05, 0.1) is 9.79 Å². The molecule has 10 heteroatoms. The fourth-order valence-electron chi connectivity index (χ4n) is 4.51. The zero-order chi connectivity index (χ0) is 26.6. The number of benzene rings is 2. The van der Waals surface area contributed by atoms with Gasteiger partial charge in [-0.05, 0) is 63.8 Å². The summed E-state index contributed by atoms with van der Waals surface area (Å²) < 4.78 is 73.6. The summed E-state index contributed by atoms with van der Waals surface area (Å²) in [5.74, 6) is -0.307. The van der Waals surface area contributed by atoms with Crippen molar-refractivity contribution in [2.24, 2.45) is 5.92 Å². The second-order valence-corrected chi connectivity index (χ2v) is 14.7. The van der Waals surface area contributed by atoms with Crippen LogP contribution in [0.3, 0.4) is 0 Å². The van der Waals surface area contributed by atoms with Crippen LogP contribution in [0, 0.1) is 5.92 Å². The van der Waals surface area contributed by atoms with Crippen molar-refractivity contribution in [1.29, 1.82) is 0 Å². The second-order valence-electron chi connectivity index (χ2n) is 10.1. The molecule has 0 heterocycles. The van der Waals surface area contributed by atoms with Crippen molar-refractivity contribution in [2.75, 3.05) is 0 Å². The summed E-state index contributed by atoms with van der Waals surface area (Å²) in [6, 6.07) is 12.3. The first-order chi connectivity index (χ1) is 16.8.